The highest BCUT2D eigenvalue weighted by molar-refractivity contribution is 9.10. The van der Waals surface area contributed by atoms with Crippen LogP contribution in [0.1, 0.15) is 11.4 Å². The van der Waals surface area contributed by atoms with E-state index >= 15 is 0 Å². The fourth-order valence-corrected chi connectivity index (χ4v) is 1.49. The number of hydrogen-bond donors (Lipinski definition) is 1. The summed E-state index contributed by atoms with van der Waals surface area (Å²) < 4.78 is 2.69. The van der Waals surface area contributed by atoms with Gasteiger partial charge >= 0.3 is 0 Å². The predicted molar refractivity (Wildman–Crippen MR) is 65.0 cm³/mol. The van der Waals surface area contributed by atoms with Crippen LogP contribution in [0.3, 0.4) is 0 Å². The molecule has 5 nitrogen and oxygen atoms in total. The maximum atomic E-state index is 4.24. The van der Waals surface area contributed by atoms with Gasteiger partial charge in [-0.3, -0.25) is 4.68 Å². The van der Waals surface area contributed by atoms with Gasteiger partial charge in [0.2, 0.25) is 0 Å². The summed E-state index contributed by atoms with van der Waals surface area (Å²) in [6.07, 6.45) is 3.46. The SMILES string of the molecule is Cc1cc(NCc2ncn(C)n2)ncc1Br. The number of nitrogens with zero attached hydrogens (tertiary/aromatic N) is 4. The Kier molecular flexibility index (Phi) is 3.19. The molecule has 1 N–H and O–H groups in total. The molecule has 2 rings (SSSR count). The van der Waals surface area contributed by atoms with Gasteiger partial charge in [-0.25, -0.2) is 9.97 Å². The Balaban J connectivity index is 2.02. The zero-order valence-corrected chi connectivity index (χ0v) is 10.7. The van der Waals surface area contributed by atoms with Crippen LogP contribution in [0.25, 0.3) is 0 Å². The highest BCUT2D eigenvalue weighted by Gasteiger charge is 2.01. The van der Waals surface area contributed by atoms with Gasteiger partial charge in [0.15, 0.2) is 5.82 Å². The predicted octanol–water partition coefficient (Wildman–Crippen LogP) is 1.89. The third kappa shape index (κ3) is 2.57. The average molecular weight is 282 g/mol. The van der Waals surface area contributed by atoms with Gasteiger partial charge in [0.05, 0.1) is 6.54 Å². The summed E-state index contributed by atoms with van der Waals surface area (Å²) in [5.74, 6) is 1.58. The highest BCUT2D eigenvalue weighted by Crippen LogP contribution is 2.17. The number of halogens is 1. The van der Waals surface area contributed by atoms with Gasteiger partial charge in [0, 0.05) is 17.7 Å². The summed E-state index contributed by atoms with van der Waals surface area (Å²) in [6, 6.07) is 1.98. The van der Waals surface area contributed by atoms with E-state index in [9.17, 15) is 0 Å². The van der Waals surface area contributed by atoms with Gasteiger partial charge in [-0.2, -0.15) is 5.10 Å². The van der Waals surface area contributed by atoms with Crippen molar-refractivity contribution in [1.29, 1.82) is 0 Å². The fourth-order valence-electron chi connectivity index (χ4n) is 1.27. The minimum absolute atomic E-state index is 0.578. The molecule has 84 valence electrons. The minimum Gasteiger partial charge on any atom is -0.363 e. The standard InChI is InChI=1S/C10H12BrN5/c1-7-3-9(12-4-8(7)11)13-5-10-14-6-16(2)15-10/h3-4,6H,5H2,1-2H3,(H,12,13). The zero-order chi connectivity index (χ0) is 11.5. The fraction of sp³-hybridized carbons (Fsp3) is 0.300. The van der Waals surface area contributed by atoms with E-state index in [-0.39, 0.29) is 0 Å². The Labute approximate surface area is 102 Å². The maximum absolute atomic E-state index is 4.24. The van der Waals surface area contributed by atoms with Crippen LogP contribution in [0.2, 0.25) is 0 Å². The number of pyridine rings is 1. The van der Waals surface area contributed by atoms with Crippen molar-refractivity contribution in [2.75, 3.05) is 5.32 Å². The quantitative estimate of drug-likeness (QED) is 0.934. The number of aromatic nitrogens is 4. The Bertz CT molecular complexity index is 494. The molecule has 2 aromatic rings. The molecule has 0 spiro atoms. The Hall–Kier alpha value is -1.43. The monoisotopic (exact) mass is 281 g/mol. The summed E-state index contributed by atoms with van der Waals surface area (Å²) in [5.41, 5.74) is 1.14. The third-order valence-corrected chi connectivity index (χ3v) is 2.95. The second-order valence-electron chi connectivity index (χ2n) is 3.51. The number of nitrogens with one attached hydrogen (secondary N) is 1. The van der Waals surface area contributed by atoms with Gasteiger partial charge in [-0.15, -0.1) is 0 Å². The van der Waals surface area contributed by atoms with E-state index in [4.69, 9.17) is 0 Å². The summed E-state index contributed by atoms with van der Waals surface area (Å²) >= 11 is 3.41. The van der Waals surface area contributed by atoms with Crippen molar-refractivity contribution in [3.05, 3.63) is 34.5 Å². The topological polar surface area (TPSA) is 55.6 Å². The lowest BCUT2D eigenvalue weighted by atomic mass is 10.3. The smallest absolute Gasteiger partial charge is 0.169 e. The van der Waals surface area contributed by atoms with Gasteiger partial charge in [0.25, 0.3) is 0 Å². The second-order valence-corrected chi connectivity index (χ2v) is 4.36. The first-order valence-electron chi connectivity index (χ1n) is 4.85. The molecule has 0 bridgehead atoms. The molecule has 0 aliphatic rings. The molecule has 0 aliphatic carbocycles. The van der Waals surface area contributed by atoms with Crippen LogP contribution in [0.15, 0.2) is 23.1 Å². The van der Waals surface area contributed by atoms with E-state index in [1.54, 1.807) is 17.2 Å². The molecule has 2 aromatic heterocycles. The Morgan fingerprint density at radius 3 is 2.88 bits per heavy atom. The Morgan fingerprint density at radius 2 is 2.25 bits per heavy atom. The molecule has 0 fully saturated rings. The van der Waals surface area contributed by atoms with Gasteiger partial charge < -0.3 is 5.32 Å². The minimum atomic E-state index is 0.578. The van der Waals surface area contributed by atoms with Crippen LogP contribution in [-0.4, -0.2) is 19.7 Å². The molecule has 0 saturated carbocycles. The molecule has 0 saturated heterocycles. The summed E-state index contributed by atoms with van der Waals surface area (Å²) in [4.78, 5) is 8.36. The molecule has 16 heavy (non-hydrogen) atoms. The lowest BCUT2D eigenvalue weighted by molar-refractivity contribution is 0.747. The van der Waals surface area contributed by atoms with Crippen LogP contribution >= 0.6 is 15.9 Å². The number of aryl methyl sites for hydroxylation is 2. The normalized spacial score (nSPS) is 10.4. The molecule has 0 aliphatic heterocycles. The first-order chi connectivity index (χ1) is 7.65. The summed E-state index contributed by atoms with van der Waals surface area (Å²) in [5, 5.41) is 7.34. The van der Waals surface area contributed by atoms with Gasteiger partial charge in [0.1, 0.15) is 12.1 Å². The first-order valence-corrected chi connectivity index (χ1v) is 5.65. The number of anilines is 1. The van der Waals surface area contributed by atoms with Crippen molar-refractivity contribution in [2.24, 2.45) is 7.05 Å². The van der Waals surface area contributed by atoms with Crippen molar-refractivity contribution in [2.45, 2.75) is 13.5 Å². The van der Waals surface area contributed by atoms with E-state index in [2.05, 4.69) is 36.3 Å². The lowest BCUT2D eigenvalue weighted by Crippen LogP contribution is -2.04. The third-order valence-electron chi connectivity index (χ3n) is 2.12. The van der Waals surface area contributed by atoms with Crippen molar-refractivity contribution in [1.82, 2.24) is 19.7 Å². The van der Waals surface area contributed by atoms with E-state index in [1.807, 2.05) is 20.0 Å². The van der Waals surface area contributed by atoms with Crippen LogP contribution in [0.5, 0.6) is 0 Å². The number of hydrogen-bond acceptors (Lipinski definition) is 4. The highest BCUT2D eigenvalue weighted by atomic mass is 79.9. The van der Waals surface area contributed by atoms with Crippen LogP contribution in [0, 0.1) is 6.92 Å². The summed E-state index contributed by atoms with van der Waals surface area (Å²) in [6.45, 7) is 2.60. The number of rotatable bonds is 3. The van der Waals surface area contributed by atoms with E-state index in [1.165, 1.54) is 0 Å². The van der Waals surface area contributed by atoms with Crippen molar-refractivity contribution in [3.8, 4) is 0 Å². The van der Waals surface area contributed by atoms with Crippen LogP contribution in [0.4, 0.5) is 5.82 Å². The molecule has 0 aromatic carbocycles. The zero-order valence-electron chi connectivity index (χ0n) is 9.11. The molecule has 0 amide bonds. The van der Waals surface area contributed by atoms with E-state index in [0.29, 0.717) is 6.54 Å². The van der Waals surface area contributed by atoms with Crippen molar-refractivity contribution in [3.63, 3.8) is 0 Å². The molecule has 6 heteroatoms. The van der Waals surface area contributed by atoms with E-state index < -0.39 is 0 Å². The van der Waals surface area contributed by atoms with E-state index in [0.717, 1.165) is 21.7 Å². The second kappa shape index (κ2) is 4.61. The largest absolute Gasteiger partial charge is 0.363 e. The van der Waals surface area contributed by atoms with Crippen LogP contribution < -0.4 is 5.32 Å². The maximum Gasteiger partial charge on any atom is 0.169 e. The molecular weight excluding hydrogens is 270 g/mol. The van der Waals surface area contributed by atoms with Gasteiger partial charge in [-0.1, -0.05) is 0 Å². The van der Waals surface area contributed by atoms with Gasteiger partial charge in [-0.05, 0) is 34.5 Å². The Morgan fingerprint density at radius 1 is 1.44 bits per heavy atom. The van der Waals surface area contributed by atoms with Crippen LogP contribution in [-0.2, 0) is 13.6 Å². The lowest BCUT2D eigenvalue weighted by Gasteiger charge is -2.04. The average Bonchev–Trinajstić information content (AvgIpc) is 2.66. The first kappa shape index (κ1) is 11.1. The van der Waals surface area contributed by atoms with Crippen molar-refractivity contribution >= 4 is 21.7 Å². The molecule has 2 heterocycles. The summed E-state index contributed by atoms with van der Waals surface area (Å²) in [7, 11) is 1.85. The molecular formula is C10H12BrN5. The molecule has 0 radical (unpaired) electrons. The molecule has 0 unspecified atom stereocenters. The van der Waals surface area contributed by atoms with Crippen molar-refractivity contribution < 1.29 is 0 Å². The molecule has 0 atom stereocenters.